The molecule has 0 aliphatic carbocycles. The summed E-state index contributed by atoms with van der Waals surface area (Å²) in [6, 6.07) is 8.37. The summed E-state index contributed by atoms with van der Waals surface area (Å²) in [6.07, 6.45) is -0.431. The van der Waals surface area contributed by atoms with Crippen LogP contribution in [0.3, 0.4) is 0 Å². The standard InChI is InChI=1S/C21H34N2O5S/c1-16(2)11-23(29(26,27)19-9-7-6-8-10-19)14-17-12-22(13-18(17)15-24)20(25)28-21(3,4)5/h6-10,16-18,24H,11-15H2,1-5H3/t17-,18-/m0/s1. The lowest BCUT2D eigenvalue weighted by molar-refractivity contribution is 0.0280. The van der Waals surface area contributed by atoms with Crippen LogP contribution in [0.2, 0.25) is 0 Å². The molecule has 0 unspecified atom stereocenters. The number of ether oxygens (including phenoxy) is 1. The van der Waals surface area contributed by atoms with Crippen LogP contribution in [-0.2, 0) is 14.8 Å². The highest BCUT2D eigenvalue weighted by Gasteiger charge is 2.39. The number of benzene rings is 1. The van der Waals surface area contributed by atoms with Crippen molar-refractivity contribution in [2.45, 2.75) is 45.1 Å². The van der Waals surface area contributed by atoms with E-state index in [1.165, 1.54) is 4.31 Å². The number of amides is 1. The first-order valence-electron chi connectivity index (χ1n) is 10.1. The lowest BCUT2D eigenvalue weighted by Gasteiger charge is -2.28. The summed E-state index contributed by atoms with van der Waals surface area (Å²) < 4.78 is 33.4. The molecule has 0 aromatic heterocycles. The average Bonchev–Trinajstić information content (AvgIpc) is 3.03. The van der Waals surface area contributed by atoms with E-state index in [9.17, 15) is 18.3 Å². The van der Waals surface area contributed by atoms with Gasteiger partial charge in [-0.1, -0.05) is 32.0 Å². The highest BCUT2D eigenvalue weighted by atomic mass is 32.2. The van der Waals surface area contributed by atoms with Crippen molar-refractivity contribution in [3.63, 3.8) is 0 Å². The molecular weight excluding hydrogens is 392 g/mol. The minimum absolute atomic E-state index is 0.106. The molecule has 1 fully saturated rings. The van der Waals surface area contributed by atoms with Crippen molar-refractivity contribution in [1.29, 1.82) is 0 Å². The van der Waals surface area contributed by atoms with Crippen molar-refractivity contribution in [1.82, 2.24) is 9.21 Å². The number of sulfonamides is 1. The average molecular weight is 427 g/mol. The lowest BCUT2D eigenvalue weighted by atomic mass is 9.97. The molecule has 0 radical (unpaired) electrons. The Morgan fingerprint density at radius 2 is 1.79 bits per heavy atom. The van der Waals surface area contributed by atoms with Crippen LogP contribution in [-0.4, -0.2) is 67.2 Å². The normalized spacial score (nSPS) is 20.5. The van der Waals surface area contributed by atoms with Gasteiger partial charge in [0.2, 0.25) is 10.0 Å². The third kappa shape index (κ3) is 6.42. The van der Waals surface area contributed by atoms with Crippen molar-refractivity contribution in [2.24, 2.45) is 17.8 Å². The molecule has 1 aromatic rings. The van der Waals surface area contributed by atoms with Crippen molar-refractivity contribution < 1.29 is 23.1 Å². The molecule has 0 saturated carbocycles. The van der Waals surface area contributed by atoms with Gasteiger partial charge in [-0.25, -0.2) is 13.2 Å². The molecule has 2 rings (SSSR count). The molecule has 1 N–H and O–H groups in total. The van der Waals surface area contributed by atoms with Gasteiger partial charge in [0.15, 0.2) is 0 Å². The van der Waals surface area contributed by atoms with E-state index in [1.807, 2.05) is 13.8 Å². The first kappa shape index (κ1) is 23.6. The number of aliphatic hydroxyl groups is 1. The van der Waals surface area contributed by atoms with Crippen LogP contribution in [0.5, 0.6) is 0 Å². The Hall–Kier alpha value is -1.64. The van der Waals surface area contributed by atoms with E-state index in [-0.39, 0.29) is 35.8 Å². The summed E-state index contributed by atoms with van der Waals surface area (Å²) in [7, 11) is -3.66. The minimum Gasteiger partial charge on any atom is -0.444 e. The number of carbonyl (C=O) groups excluding carboxylic acids is 1. The fourth-order valence-corrected chi connectivity index (χ4v) is 5.19. The maximum atomic E-state index is 13.2. The molecule has 1 amide bonds. The van der Waals surface area contributed by atoms with Gasteiger partial charge in [-0.15, -0.1) is 0 Å². The number of carbonyl (C=O) groups is 1. The second-order valence-corrected chi connectivity index (χ2v) is 11.1. The molecule has 2 atom stereocenters. The molecular formula is C21H34N2O5S. The van der Waals surface area contributed by atoms with Gasteiger partial charge in [0.05, 0.1) is 4.90 Å². The van der Waals surface area contributed by atoms with Gasteiger partial charge in [-0.2, -0.15) is 4.31 Å². The van der Waals surface area contributed by atoms with Crippen molar-refractivity contribution in [2.75, 3.05) is 32.8 Å². The summed E-state index contributed by atoms with van der Waals surface area (Å²) >= 11 is 0. The van der Waals surface area contributed by atoms with Crippen molar-refractivity contribution >= 4 is 16.1 Å². The van der Waals surface area contributed by atoms with Crippen LogP contribution in [0, 0.1) is 17.8 Å². The van der Waals surface area contributed by atoms with Crippen LogP contribution < -0.4 is 0 Å². The van der Waals surface area contributed by atoms with Gasteiger partial charge in [0, 0.05) is 38.7 Å². The number of nitrogens with zero attached hydrogens (tertiary/aromatic N) is 2. The third-order valence-electron chi connectivity index (χ3n) is 4.85. The Labute approximate surface area is 174 Å². The van der Waals surface area contributed by atoms with Crippen LogP contribution in [0.15, 0.2) is 35.2 Å². The summed E-state index contributed by atoms with van der Waals surface area (Å²) in [5.74, 6) is -0.211. The van der Waals surface area contributed by atoms with E-state index in [0.717, 1.165) is 0 Å². The molecule has 29 heavy (non-hydrogen) atoms. The Morgan fingerprint density at radius 1 is 1.21 bits per heavy atom. The lowest BCUT2D eigenvalue weighted by Crippen LogP contribution is -2.40. The summed E-state index contributed by atoms with van der Waals surface area (Å²) in [6.45, 7) is 10.6. The summed E-state index contributed by atoms with van der Waals surface area (Å²) in [5, 5.41) is 9.84. The Balaban J connectivity index is 2.20. The minimum atomic E-state index is -3.66. The Bertz CT molecular complexity index is 774. The molecule has 1 aliphatic heterocycles. The number of hydrogen-bond donors (Lipinski definition) is 1. The van der Waals surface area contributed by atoms with E-state index in [2.05, 4.69) is 0 Å². The predicted molar refractivity (Wildman–Crippen MR) is 112 cm³/mol. The number of rotatable bonds is 7. The molecule has 1 saturated heterocycles. The van der Waals surface area contributed by atoms with Gasteiger partial charge in [0.25, 0.3) is 0 Å². The monoisotopic (exact) mass is 426 g/mol. The van der Waals surface area contributed by atoms with Gasteiger partial charge in [-0.05, 0) is 44.7 Å². The molecule has 0 bridgehead atoms. The second kappa shape index (κ2) is 9.45. The van der Waals surface area contributed by atoms with E-state index in [4.69, 9.17) is 4.74 Å². The molecule has 1 aromatic carbocycles. The zero-order valence-electron chi connectivity index (χ0n) is 18.0. The van der Waals surface area contributed by atoms with E-state index < -0.39 is 21.7 Å². The maximum Gasteiger partial charge on any atom is 0.410 e. The highest BCUT2D eigenvalue weighted by Crippen LogP contribution is 2.28. The molecule has 8 heteroatoms. The quantitative estimate of drug-likeness (QED) is 0.724. The van der Waals surface area contributed by atoms with Crippen molar-refractivity contribution in [3.05, 3.63) is 30.3 Å². The topological polar surface area (TPSA) is 87.2 Å². The fourth-order valence-electron chi connectivity index (χ4n) is 3.51. The van der Waals surface area contributed by atoms with Gasteiger partial charge < -0.3 is 14.7 Å². The van der Waals surface area contributed by atoms with E-state index >= 15 is 0 Å². The zero-order valence-corrected chi connectivity index (χ0v) is 18.9. The first-order chi connectivity index (χ1) is 13.4. The summed E-state index contributed by atoms with van der Waals surface area (Å²) in [4.78, 5) is 14.3. The molecule has 164 valence electrons. The Kier molecular flexibility index (Phi) is 7.70. The highest BCUT2D eigenvalue weighted by molar-refractivity contribution is 7.89. The van der Waals surface area contributed by atoms with Crippen LogP contribution >= 0.6 is 0 Å². The number of hydrogen-bond acceptors (Lipinski definition) is 5. The van der Waals surface area contributed by atoms with Crippen LogP contribution in [0.25, 0.3) is 0 Å². The van der Waals surface area contributed by atoms with Crippen LogP contribution in [0.4, 0.5) is 4.79 Å². The van der Waals surface area contributed by atoms with Gasteiger partial charge >= 0.3 is 6.09 Å². The fraction of sp³-hybridized carbons (Fsp3) is 0.667. The maximum absolute atomic E-state index is 13.2. The second-order valence-electron chi connectivity index (χ2n) is 9.12. The largest absolute Gasteiger partial charge is 0.444 e. The molecule has 1 heterocycles. The smallest absolute Gasteiger partial charge is 0.410 e. The SMILES string of the molecule is CC(C)CN(C[C@@H]1CN(C(=O)OC(C)(C)C)C[C@H]1CO)S(=O)(=O)c1ccccc1. The third-order valence-corrected chi connectivity index (χ3v) is 6.70. The molecule has 0 spiro atoms. The number of aliphatic hydroxyl groups excluding tert-OH is 1. The van der Waals surface area contributed by atoms with Gasteiger partial charge in [0.1, 0.15) is 5.60 Å². The van der Waals surface area contributed by atoms with Gasteiger partial charge in [-0.3, -0.25) is 0 Å². The summed E-state index contributed by atoms with van der Waals surface area (Å²) in [5.41, 5.74) is -0.607. The number of likely N-dealkylation sites (tertiary alicyclic amines) is 1. The van der Waals surface area contributed by atoms with E-state index in [1.54, 1.807) is 56.0 Å². The first-order valence-corrected chi connectivity index (χ1v) is 11.5. The van der Waals surface area contributed by atoms with Crippen molar-refractivity contribution in [3.8, 4) is 0 Å². The molecule has 1 aliphatic rings. The Morgan fingerprint density at radius 3 is 2.31 bits per heavy atom. The zero-order chi connectivity index (χ0) is 21.8. The van der Waals surface area contributed by atoms with E-state index in [0.29, 0.717) is 19.6 Å². The predicted octanol–water partition coefficient (Wildman–Crippen LogP) is 2.81. The van der Waals surface area contributed by atoms with Crippen LogP contribution in [0.1, 0.15) is 34.6 Å². The molecule has 7 nitrogen and oxygen atoms in total.